The van der Waals surface area contributed by atoms with Gasteiger partial charge in [0.25, 0.3) is 0 Å². The topological polar surface area (TPSA) is 156 Å². The van der Waals surface area contributed by atoms with Crippen molar-refractivity contribution < 1.29 is 38.1 Å². The van der Waals surface area contributed by atoms with Crippen LogP contribution in [0.25, 0.3) is 0 Å². The highest BCUT2D eigenvalue weighted by atomic mass is 16.7. The number of nitrogens with two attached hydrogens (primary N) is 1. The number of nitrogens with zero attached hydrogens (tertiary/aromatic N) is 1. The summed E-state index contributed by atoms with van der Waals surface area (Å²) in [7, 11) is 0. The van der Waals surface area contributed by atoms with Crippen LogP contribution < -0.4 is 11.1 Å². The molecule has 1 fully saturated rings. The number of aliphatic imine (C=N–C) groups is 1. The quantitative estimate of drug-likeness (QED) is 0.278. The molecule has 1 rings (SSSR count). The van der Waals surface area contributed by atoms with E-state index in [0.29, 0.717) is 0 Å². The van der Waals surface area contributed by atoms with E-state index in [1.807, 2.05) is 0 Å². The number of carbonyl (C=O) groups is 4. The van der Waals surface area contributed by atoms with Gasteiger partial charge in [0.05, 0.1) is 0 Å². The van der Waals surface area contributed by atoms with Crippen molar-refractivity contribution in [3.63, 3.8) is 0 Å². The predicted molar refractivity (Wildman–Crippen MR) is 82.2 cm³/mol. The molecular weight excluding hydrogens is 338 g/mol. The van der Waals surface area contributed by atoms with Gasteiger partial charge in [0.2, 0.25) is 0 Å². The highest BCUT2D eigenvalue weighted by Crippen LogP contribution is 2.26. The van der Waals surface area contributed by atoms with Crippen LogP contribution in [0.3, 0.4) is 0 Å². The number of hydrogen-bond acceptors (Lipinski definition) is 8. The van der Waals surface area contributed by atoms with Crippen LogP contribution in [0, 0.1) is 0 Å². The number of esters is 3. The lowest BCUT2D eigenvalue weighted by molar-refractivity contribution is -0.165. The molecule has 4 unspecified atom stereocenters. The Hall–Kier alpha value is -2.69. The van der Waals surface area contributed by atoms with Crippen LogP contribution in [0.5, 0.6) is 0 Å². The number of urea groups is 1. The summed E-state index contributed by atoms with van der Waals surface area (Å²) in [5, 5.41) is 2.35. The maximum absolute atomic E-state index is 11.8. The minimum absolute atomic E-state index is 0.00697. The van der Waals surface area contributed by atoms with E-state index >= 15 is 0 Å². The first-order valence-corrected chi connectivity index (χ1v) is 7.34. The van der Waals surface area contributed by atoms with Crippen LogP contribution in [0.15, 0.2) is 4.99 Å². The molecule has 3 N–H and O–H groups in total. The largest absolute Gasteiger partial charge is 0.463 e. The summed E-state index contributed by atoms with van der Waals surface area (Å²) in [6.45, 7) is 4.63. The summed E-state index contributed by atoms with van der Waals surface area (Å²) >= 11 is 0. The molecule has 1 aliphatic rings. The van der Waals surface area contributed by atoms with Gasteiger partial charge in [0, 0.05) is 20.8 Å². The van der Waals surface area contributed by atoms with Crippen LogP contribution in [0.2, 0.25) is 0 Å². The molecule has 1 saturated heterocycles. The molecule has 0 radical (unpaired) electrons. The van der Waals surface area contributed by atoms with E-state index in [0.717, 1.165) is 13.8 Å². The molecule has 0 aromatic rings. The molecule has 25 heavy (non-hydrogen) atoms. The van der Waals surface area contributed by atoms with E-state index in [2.05, 4.69) is 10.3 Å². The summed E-state index contributed by atoms with van der Waals surface area (Å²) in [5.41, 5.74) is 5.32. The SMILES string of the molecule is CC(=O)OCC1OC(NC(=O)/N=C(\C)N)C(OC(C)=O)C1OC(C)=O. The number of rotatable bonds is 5. The van der Waals surface area contributed by atoms with Gasteiger partial charge >= 0.3 is 23.9 Å². The van der Waals surface area contributed by atoms with Crippen molar-refractivity contribution in [1.82, 2.24) is 5.32 Å². The Morgan fingerprint density at radius 2 is 1.56 bits per heavy atom. The van der Waals surface area contributed by atoms with Gasteiger partial charge in [-0.25, -0.2) is 4.79 Å². The Morgan fingerprint density at radius 3 is 2.04 bits per heavy atom. The van der Waals surface area contributed by atoms with E-state index in [9.17, 15) is 19.2 Å². The van der Waals surface area contributed by atoms with Gasteiger partial charge in [0.15, 0.2) is 18.4 Å². The molecule has 1 heterocycles. The molecule has 11 nitrogen and oxygen atoms in total. The minimum atomic E-state index is -1.18. The van der Waals surface area contributed by atoms with Gasteiger partial charge < -0.3 is 30.0 Å². The number of ether oxygens (including phenoxy) is 4. The van der Waals surface area contributed by atoms with Crippen molar-refractivity contribution in [3.05, 3.63) is 0 Å². The lowest BCUT2D eigenvalue weighted by Crippen LogP contribution is -2.46. The van der Waals surface area contributed by atoms with Gasteiger partial charge in [-0.2, -0.15) is 4.99 Å². The molecule has 0 aliphatic carbocycles. The summed E-state index contributed by atoms with van der Waals surface area (Å²) in [6.07, 6.45) is -4.37. The number of carbonyl (C=O) groups excluding carboxylic acids is 4. The third-order valence-corrected chi connectivity index (χ3v) is 2.91. The first kappa shape index (κ1) is 20.4. The van der Waals surface area contributed by atoms with Crippen LogP contribution in [0.1, 0.15) is 27.7 Å². The maximum Gasteiger partial charge on any atom is 0.344 e. The zero-order valence-electron chi connectivity index (χ0n) is 14.3. The molecule has 11 heteroatoms. The molecule has 0 aromatic carbocycles. The van der Waals surface area contributed by atoms with Crippen LogP contribution in [-0.4, -0.2) is 60.9 Å². The maximum atomic E-state index is 11.8. The molecule has 4 atom stereocenters. The van der Waals surface area contributed by atoms with E-state index < -0.39 is 48.5 Å². The Morgan fingerprint density at radius 1 is 1.00 bits per heavy atom. The van der Waals surface area contributed by atoms with Crippen molar-refractivity contribution in [1.29, 1.82) is 0 Å². The minimum Gasteiger partial charge on any atom is -0.463 e. The molecule has 1 aliphatic heterocycles. The smallest absolute Gasteiger partial charge is 0.344 e. The highest BCUT2D eigenvalue weighted by Gasteiger charge is 2.50. The molecular formula is C14H21N3O8. The zero-order chi connectivity index (χ0) is 19.1. The van der Waals surface area contributed by atoms with Crippen molar-refractivity contribution in [2.75, 3.05) is 6.61 Å². The summed E-state index contributed by atoms with van der Waals surface area (Å²) in [6, 6.07) is -0.836. The standard InChI is InChI=1S/C14H21N3O8/c1-6(15)16-14(21)17-13-12(24-9(4)20)11(23-8(3)19)10(25-13)5-22-7(2)18/h10-13H,5H2,1-4H3,(H3,15,16,17,21). The van der Waals surface area contributed by atoms with Crippen molar-refractivity contribution in [2.24, 2.45) is 10.7 Å². The Labute approximate surface area is 143 Å². The van der Waals surface area contributed by atoms with Gasteiger partial charge in [0.1, 0.15) is 18.5 Å². The van der Waals surface area contributed by atoms with E-state index in [-0.39, 0.29) is 12.4 Å². The molecule has 0 saturated carbocycles. The van der Waals surface area contributed by atoms with E-state index in [1.165, 1.54) is 13.8 Å². The number of amidine groups is 1. The third-order valence-electron chi connectivity index (χ3n) is 2.91. The Kier molecular flexibility index (Phi) is 7.30. The second-order valence-electron chi connectivity index (χ2n) is 5.25. The lowest BCUT2D eigenvalue weighted by Gasteiger charge is -2.23. The van der Waals surface area contributed by atoms with Crippen LogP contribution in [-0.2, 0) is 33.3 Å². The first-order chi connectivity index (χ1) is 11.6. The predicted octanol–water partition coefficient (Wildman–Crippen LogP) is -0.775. The zero-order valence-corrected chi connectivity index (χ0v) is 14.3. The molecule has 0 spiro atoms. The van der Waals surface area contributed by atoms with Gasteiger partial charge in [-0.15, -0.1) is 0 Å². The van der Waals surface area contributed by atoms with Gasteiger partial charge in [-0.1, -0.05) is 0 Å². The lowest BCUT2D eigenvalue weighted by atomic mass is 10.1. The van der Waals surface area contributed by atoms with Gasteiger partial charge in [-0.3, -0.25) is 14.4 Å². The molecule has 2 amide bonds. The highest BCUT2D eigenvalue weighted by molar-refractivity contribution is 5.91. The molecule has 0 aromatic heterocycles. The molecule has 140 valence electrons. The van der Waals surface area contributed by atoms with Crippen LogP contribution >= 0.6 is 0 Å². The Balaban J connectivity index is 3.00. The normalized spacial score (nSPS) is 25.8. The summed E-state index contributed by atoms with van der Waals surface area (Å²) < 4.78 is 20.6. The van der Waals surface area contributed by atoms with E-state index in [4.69, 9.17) is 24.7 Å². The monoisotopic (exact) mass is 359 g/mol. The second-order valence-corrected chi connectivity index (χ2v) is 5.25. The first-order valence-electron chi connectivity index (χ1n) is 7.34. The fourth-order valence-electron chi connectivity index (χ4n) is 2.15. The van der Waals surface area contributed by atoms with Crippen LogP contribution in [0.4, 0.5) is 4.79 Å². The van der Waals surface area contributed by atoms with Gasteiger partial charge in [-0.05, 0) is 6.92 Å². The number of amides is 2. The fourth-order valence-corrected chi connectivity index (χ4v) is 2.15. The third kappa shape index (κ3) is 6.75. The summed E-state index contributed by atoms with van der Waals surface area (Å²) in [5.74, 6) is -1.92. The summed E-state index contributed by atoms with van der Waals surface area (Å²) in [4.78, 5) is 48.9. The number of hydrogen-bond donors (Lipinski definition) is 2. The van der Waals surface area contributed by atoms with Crippen molar-refractivity contribution >= 4 is 29.8 Å². The van der Waals surface area contributed by atoms with Crippen molar-refractivity contribution in [2.45, 2.75) is 52.2 Å². The second kappa shape index (κ2) is 8.97. The number of nitrogens with one attached hydrogen (secondary N) is 1. The fraction of sp³-hybridized carbons (Fsp3) is 0.643. The van der Waals surface area contributed by atoms with E-state index in [1.54, 1.807) is 0 Å². The average Bonchev–Trinajstić information content (AvgIpc) is 2.72. The average molecular weight is 359 g/mol. The molecule has 0 bridgehead atoms. The van der Waals surface area contributed by atoms with Crippen molar-refractivity contribution in [3.8, 4) is 0 Å². The Bertz CT molecular complexity index is 572.